The summed E-state index contributed by atoms with van der Waals surface area (Å²) in [6.07, 6.45) is 0. The van der Waals surface area contributed by atoms with Crippen LogP contribution in [0.5, 0.6) is 0 Å². The molecule has 0 aliphatic rings. The molecule has 0 bridgehead atoms. The molecule has 3 aromatic rings. The van der Waals surface area contributed by atoms with Crippen molar-refractivity contribution in [3.8, 4) is 0 Å². The van der Waals surface area contributed by atoms with Crippen molar-refractivity contribution < 1.29 is 4.79 Å². The number of rotatable bonds is 0. The highest BCUT2D eigenvalue weighted by atomic mass is 79.9. The third-order valence-corrected chi connectivity index (χ3v) is 2.61. The maximum absolute atomic E-state index is 8.72. The van der Waals surface area contributed by atoms with Crippen LogP contribution in [0.3, 0.4) is 0 Å². The Kier molecular flexibility index (Phi) is 3.89. The largest absolute Gasteiger partial charge is 0.290 e. The molecule has 0 atom stereocenters. The lowest BCUT2D eigenvalue weighted by atomic mass is 10.0. The summed E-state index contributed by atoms with van der Waals surface area (Å²) in [5.74, 6) is 0. The zero-order chi connectivity index (χ0) is 12.1. The van der Waals surface area contributed by atoms with E-state index in [2.05, 4.69) is 76.6 Å². The first kappa shape index (κ1) is 11.8. The van der Waals surface area contributed by atoms with Crippen LogP contribution in [0.4, 0.5) is 0 Å². The zero-order valence-electron chi connectivity index (χ0n) is 9.14. The first-order valence-electron chi connectivity index (χ1n) is 5.26. The van der Waals surface area contributed by atoms with Crippen molar-refractivity contribution in [2.24, 2.45) is 0 Å². The van der Waals surface area contributed by atoms with Crippen molar-refractivity contribution in [1.29, 1.82) is 0 Å². The van der Waals surface area contributed by atoms with Gasteiger partial charge in [-0.2, -0.15) is 0 Å². The Labute approximate surface area is 108 Å². The van der Waals surface area contributed by atoms with Crippen molar-refractivity contribution in [2.45, 2.75) is 0 Å². The van der Waals surface area contributed by atoms with Crippen LogP contribution in [-0.4, -0.2) is 5.20 Å². The Bertz CT molecular complexity index is 541. The molecular formula is C15H11BrO. The molecule has 0 N–H and O–H groups in total. The van der Waals surface area contributed by atoms with Crippen molar-refractivity contribution in [3.05, 3.63) is 60.7 Å². The standard InChI is InChI=1S/C14H10.CHBrO/c1-2-6-12-10-14-8-4-3-7-13(14)9-11(12)5-1;2-1-3/h1-10H;1H. The maximum Gasteiger partial charge on any atom is 0.185 e. The van der Waals surface area contributed by atoms with E-state index < -0.39 is 0 Å². The van der Waals surface area contributed by atoms with Crippen LogP contribution in [0.25, 0.3) is 21.5 Å². The van der Waals surface area contributed by atoms with E-state index in [-0.39, 0.29) is 0 Å². The molecule has 84 valence electrons. The van der Waals surface area contributed by atoms with Crippen LogP contribution >= 0.6 is 15.9 Å². The van der Waals surface area contributed by atoms with E-state index in [0.29, 0.717) is 5.20 Å². The van der Waals surface area contributed by atoms with Crippen LogP contribution in [0.2, 0.25) is 0 Å². The van der Waals surface area contributed by atoms with Gasteiger partial charge in [-0.3, -0.25) is 4.79 Å². The molecule has 0 aromatic heterocycles. The lowest BCUT2D eigenvalue weighted by molar-refractivity contribution is 0.571. The second-order valence-electron chi connectivity index (χ2n) is 3.64. The minimum Gasteiger partial charge on any atom is -0.290 e. The molecule has 0 radical (unpaired) electrons. The minimum atomic E-state index is 0.562. The SMILES string of the molecule is O=CBr.c1ccc2cc3ccccc3cc2c1. The van der Waals surface area contributed by atoms with Crippen molar-refractivity contribution in [1.82, 2.24) is 0 Å². The van der Waals surface area contributed by atoms with E-state index in [1.54, 1.807) is 0 Å². The summed E-state index contributed by atoms with van der Waals surface area (Å²) >= 11 is 2.47. The minimum absolute atomic E-state index is 0.562. The third-order valence-electron chi connectivity index (χ3n) is 2.61. The molecule has 0 fully saturated rings. The molecule has 1 nitrogen and oxygen atoms in total. The molecular weight excluding hydrogens is 276 g/mol. The summed E-state index contributed by atoms with van der Waals surface area (Å²) in [4.78, 5) is 8.72. The Morgan fingerprint density at radius 1 is 0.706 bits per heavy atom. The molecule has 0 heterocycles. The zero-order valence-corrected chi connectivity index (χ0v) is 10.7. The number of fused-ring (bicyclic) bond motifs is 2. The Morgan fingerprint density at radius 3 is 1.18 bits per heavy atom. The fourth-order valence-electron chi connectivity index (χ4n) is 1.88. The fourth-order valence-corrected chi connectivity index (χ4v) is 1.88. The van der Waals surface area contributed by atoms with E-state index in [4.69, 9.17) is 4.79 Å². The fraction of sp³-hybridized carbons (Fsp3) is 0. The second-order valence-corrected chi connectivity index (χ2v) is 4.01. The first-order valence-corrected chi connectivity index (χ1v) is 6.18. The Balaban J connectivity index is 0.000000329. The van der Waals surface area contributed by atoms with Gasteiger partial charge >= 0.3 is 0 Å². The summed E-state index contributed by atoms with van der Waals surface area (Å²) in [5, 5.41) is 5.81. The highest BCUT2D eigenvalue weighted by Gasteiger charge is 1.95. The molecule has 2 heteroatoms. The maximum atomic E-state index is 8.72. The normalized spacial score (nSPS) is 9.71. The topological polar surface area (TPSA) is 17.1 Å². The van der Waals surface area contributed by atoms with Gasteiger partial charge in [0, 0.05) is 0 Å². The molecule has 0 aliphatic heterocycles. The number of benzene rings is 3. The van der Waals surface area contributed by atoms with Gasteiger partial charge in [-0.05, 0) is 49.6 Å². The van der Waals surface area contributed by atoms with Gasteiger partial charge in [0.15, 0.2) is 5.20 Å². The van der Waals surface area contributed by atoms with Crippen molar-refractivity contribution in [2.75, 3.05) is 0 Å². The number of carbonyl (C=O) groups is 1. The van der Waals surface area contributed by atoms with Crippen LogP contribution in [0, 0.1) is 0 Å². The summed E-state index contributed by atoms with van der Waals surface area (Å²) in [7, 11) is 0. The number of halogens is 1. The molecule has 0 amide bonds. The highest BCUT2D eigenvalue weighted by Crippen LogP contribution is 2.21. The molecule has 0 saturated carbocycles. The molecule has 0 saturated heterocycles. The molecule has 17 heavy (non-hydrogen) atoms. The van der Waals surface area contributed by atoms with Gasteiger partial charge in [0.2, 0.25) is 0 Å². The molecule has 0 aliphatic carbocycles. The van der Waals surface area contributed by atoms with Gasteiger partial charge in [-0.1, -0.05) is 48.5 Å². The van der Waals surface area contributed by atoms with E-state index >= 15 is 0 Å². The van der Waals surface area contributed by atoms with Crippen LogP contribution in [0.15, 0.2) is 60.7 Å². The van der Waals surface area contributed by atoms with E-state index in [0.717, 1.165) is 0 Å². The van der Waals surface area contributed by atoms with Gasteiger partial charge in [0.05, 0.1) is 0 Å². The molecule has 3 rings (SSSR count). The van der Waals surface area contributed by atoms with Crippen molar-refractivity contribution >= 4 is 42.7 Å². The van der Waals surface area contributed by atoms with E-state index in [1.807, 2.05) is 0 Å². The van der Waals surface area contributed by atoms with Crippen LogP contribution in [-0.2, 0) is 4.79 Å². The second kappa shape index (κ2) is 5.60. The monoisotopic (exact) mass is 286 g/mol. The van der Waals surface area contributed by atoms with Gasteiger partial charge in [-0.15, -0.1) is 0 Å². The summed E-state index contributed by atoms with van der Waals surface area (Å²) < 4.78 is 0. The smallest absolute Gasteiger partial charge is 0.185 e. The van der Waals surface area contributed by atoms with Gasteiger partial charge in [-0.25, -0.2) is 0 Å². The van der Waals surface area contributed by atoms with E-state index in [9.17, 15) is 0 Å². The lowest BCUT2D eigenvalue weighted by Crippen LogP contribution is -1.74. The average Bonchev–Trinajstić information content (AvgIpc) is 2.37. The van der Waals surface area contributed by atoms with Gasteiger partial charge < -0.3 is 0 Å². The van der Waals surface area contributed by atoms with E-state index in [1.165, 1.54) is 21.5 Å². The summed E-state index contributed by atoms with van der Waals surface area (Å²) in [5.41, 5.74) is 0. The molecule has 3 aromatic carbocycles. The Morgan fingerprint density at radius 2 is 0.941 bits per heavy atom. The number of hydrogen-bond acceptors (Lipinski definition) is 1. The predicted molar refractivity (Wildman–Crippen MR) is 77.1 cm³/mol. The summed E-state index contributed by atoms with van der Waals surface area (Å²) in [6, 6.07) is 21.4. The van der Waals surface area contributed by atoms with Gasteiger partial charge in [0.25, 0.3) is 0 Å². The predicted octanol–water partition coefficient (Wildman–Crippen LogP) is 4.56. The quantitative estimate of drug-likeness (QED) is 0.336. The lowest BCUT2D eigenvalue weighted by Gasteiger charge is -2.00. The Hall–Kier alpha value is -1.67. The van der Waals surface area contributed by atoms with Crippen molar-refractivity contribution in [3.63, 3.8) is 0 Å². The molecule has 0 spiro atoms. The summed E-state index contributed by atoms with van der Waals surface area (Å²) in [6.45, 7) is 0. The highest BCUT2D eigenvalue weighted by molar-refractivity contribution is 9.17. The number of carbonyl (C=O) groups excluding carboxylic acids is 1. The van der Waals surface area contributed by atoms with Crippen LogP contribution < -0.4 is 0 Å². The first-order chi connectivity index (χ1) is 8.35. The van der Waals surface area contributed by atoms with Gasteiger partial charge in [0.1, 0.15) is 0 Å². The number of hydrogen-bond donors (Lipinski definition) is 0. The third kappa shape index (κ3) is 2.71. The average molecular weight is 287 g/mol. The molecule has 0 unspecified atom stereocenters. The van der Waals surface area contributed by atoms with Crippen LogP contribution in [0.1, 0.15) is 0 Å².